The third kappa shape index (κ3) is 4.65. The van der Waals surface area contributed by atoms with Crippen molar-refractivity contribution in [1.82, 2.24) is 4.90 Å². The van der Waals surface area contributed by atoms with Gasteiger partial charge in [0.25, 0.3) is 0 Å². The van der Waals surface area contributed by atoms with E-state index in [2.05, 4.69) is 17.3 Å². The summed E-state index contributed by atoms with van der Waals surface area (Å²) >= 11 is 0. The molecule has 2 aromatic carbocycles. The van der Waals surface area contributed by atoms with Gasteiger partial charge >= 0.3 is 0 Å². The van der Waals surface area contributed by atoms with E-state index in [4.69, 9.17) is 14.2 Å². The van der Waals surface area contributed by atoms with Gasteiger partial charge in [0.1, 0.15) is 18.5 Å². The lowest BCUT2D eigenvalue weighted by Gasteiger charge is -2.29. The first kappa shape index (κ1) is 19.6. The van der Waals surface area contributed by atoms with E-state index < -0.39 is 0 Å². The first-order valence-electron chi connectivity index (χ1n) is 10.2. The summed E-state index contributed by atoms with van der Waals surface area (Å²) in [5, 5.41) is 3.00. The molecule has 1 atom stereocenters. The second-order valence-electron chi connectivity index (χ2n) is 7.79. The van der Waals surface area contributed by atoms with E-state index >= 15 is 0 Å². The number of fused-ring (bicyclic) bond motifs is 1. The predicted molar refractivity (Wildman–Crippen MR) is 112 cm³/mol. The average molecular weight is 396 g/mol. The molecule has 0 radical (unpaired) electrons. The summed E-state index contributed by atoms with van der Waals surface area (Å²) in [6.07, 6.45) is 2.99. The first-order valence-corrected chi connectivity index (χ1v) is 10.2. The standard InChI is InChI=1S/C23H28N2O4/c1-25-12-10-20(11-13-25)29-19-8-6-18(7-9-19)24-23(26)17-14-16-4-3-5-21(27-2)22(16)28-15-17/h3-9,17,20H,10-15H2,1-2H3,(H,24,26). The van der Waals surface area contributed by atoms with E-state index in [-0.39, 0.29) is 17.9 Å². The molecule has 4 rings (SSSR count). The van der Waals surface area contributed by atoms with Crippen LogP contribution in [-0.4, -0.2) is 50.8 Å². The second kappa shape index (κ2) is 8.74. The maximum absolute atomic E-state index is 12.7. The third-order valence-corrected chi connectivity index (χ3v) is 5.64. The van der Waals surface area contributed by atoms with Crippen molar-refractivity contribution in [2.75, 3.05) is 39.2 Å². The zero-order chi connectivity index (χ0) is 20.2. The molecule has 29 heavy (non-hydrogen) atoms. The number of benzene rings is 2. The zero-order valence-electron chi connectivity index (χ0n) is 17.0. The molecule has 1 fully saturated rings. The number of methoxy groups -OCH3 is 1. The highest BCUT2D eigenvalue weighted by Crippen LogP contribution is 2.36. The first-order chi connectivity index (χ1) is 14.1. The van der Waals surface area contributed by atoms with Crippen LogP contribution in [0.1, 0.15) is 18.4 Å². The van der Waals surface area contributed by atoms with Crippen LogP contribution in [0.4, 0.5) is 5.69 Å². The van der Waals surface area contributed by atoms with Gasteiger partial charge in [-0.3, -0.25) is 4.79 Å². The molecule has 1 amide bonds. The number of para-hydroxylation sites is 1. The summed E-state index contributed by atoms with van der Waals surface area (Å²) in [7, 11) is 3.76. The second-order valence-corrected chi connectivity index (χ2v) is 7.79. The molecule has 6 nitrogen and oxygen atoms in total. The quantitative estimate of drug-likeness (QED) is 0.840. The van der Waals surface area contributed by atoms with Crippen LogP contribution < -0.4 is 19.5 Å². The molecule has 0 spiro atoms. The van der Waals surface area contributed by atoms with Crippen LogP contribution in [0.3, 0.4) is 0 Å². The number of carbonyl (C=O) groups is 1. The molecule has 0 aromatic heterocycles. The highest BCUT2D eigenvalue weighted by molar-refractivity contribution is 5.93. The van der Waals surface area contributed by atoms with Gasteiger partial charge in [-0.15, -0.1) is 0 Å². The number of hydrogen-bond acceptors (Lipinski definition) is 5. The average Bonchev–Trinajstić information content (AvgIpc) is 2.75. The van der Waals surface area contributed by atoms with Crippen molar-refractivity contribution in [3.63, 3.8) is 0 Å². The lowest BCUT2D eigenvalue weighted by Crippen LogP contribution is -2.35. The van der Waals surface area contributed by atoms with E-state index in [1.54, 1.807) is 7.11 Å². The van der Waals surface area contributed by atoms with E-state index in [1.165, 1.54) is 0 Å². The molecular weight excluding hydrogens is 368 g/mol. The van der Waals surface area contributed by atoms with Crippen molar-refractivity contribution in [1.29, 1.82) is 0 Å². The number of nitrogens with zero attached hydrogens (tertiary/aromatic N) is 1. The lowest BCUT2D eigenvalue weighted by atomic mass is 9.95. The van der Waals surface area contributed by atoms with Gasteiger partial charge in [-0.05, 0) is 62.2 Å². The number of amides is 1. The van der Waals surface area contributed by atoms with Gasteiger partial charge < -0.3 is 24.4 Å². The molecular formula is C23H28N2O4. The Morgan fingerprint density at radius 1 is 1.14 bits per heavy atom. The normalized spacial score (nSPS) is 19.7. The largest absolute Gasteiger partial charge is 0.493 e. The fourth-order valence-electron chi connectivity index (χ4n) is 3.88. The van der Waals surface area contributed by atoms with Crippen LogP contribution in [0.5, 0.6) is 17.2 Å². The predicted octanol–water partition coefficient (Wildman–Crippen LogP) is 3.36. The number of piperidine rings is 1. The van der Waals surface area contributed by atoms with E-state index in [9.17, 15) is 4.79 Å². The molecule has 2 heterocycles. The van der Waals surface area contributed by atoms with Gasteiger partial charge in [-0.2, -0.15) is 0 Å². The van der Waals surface area contributed by atoms with Crippen LogP contribution >= 0.6 is 0 Å². The molecule has 0 saturated carbocycles. The number of ether oxygens (including phenoxy) is 3. The van der Waals surface area contributed by atoms with Crippen molar-refractivity contribution in [2.24, 2.45) is 5.92 Å². The SMILES string of the molecule is COc1cccc2c1OCC(C(=O)Nc1ccc(OC3CCN(C)CC3)cc1)C2. The smallest absolute Gasteiger partial charge is 0.231 e. The molecule has 0 aliphatic carbocycles. The Balaban J connectivity index is 1.33. The molecule has 2 aliphatic rings. The fourth-order valence-corrected chi connectivity index (χ4v) is 3.88. The van der Waals surface area contributed by atoms with Crippen LogP contribution in [0.25, 0.3) is 0 Å². The summed E-state index contributed by atoms with van der Waals surface area (Å²) in [6.45, 7) is 2.48. The van der Waals surface area contributed by atoms with Crippen molar-refractivity contribution < 1.29 is 19.0 Å². The highest BCUT2D eigenvalue weighted by Gasteiger charge is 2.28. The summed E-state index contributed by atoms with van der Waals surface area (Å²) in [6, 6.07) is 13.4. The van der Waals surface area contributed by atoms with Gasteiger partial charge in [0.05, 0.1) is 13.0 Å². The Morgan fingerprint density at radius 3 is 2.62 bits per heavy atom. The minimum absolute atomic E-state index is 0.0394. The van der Waals surface area contributed by atoms with Crippen LogP contribution in [-0.2, 0) is 11.2 Å². The minimum Gasteiger partial charge on any atom is -0.493 e. The van der Waals surface area contributed by atoms with Crippen LogP contribution in [0.2, 0.25) is 0 Å². The molecule has 2 aliphatic heterocycles. The topological polar surface area (TPSA) is 60.0 Å². The Bertz CT molecular complexity index is 844. The summed E-state index contributed by atoms with van der Waals surface area (Å²) in [4.78, 5) is 15.0. The Hall–Kier alpha value is -2.73. The van der Waals surface area contributed by atoms with E-state index in [1.807, 2.05) is 42.5 Å². The summed E-state index contributed by atoms with van der Waals surface area (Å²) < 4.78 is 17.2. The molecule has 6 heteroatoms. The van der Waals surface area contributed by atoms with Gasteiger partial charge in [-0.25, -0.2) is 0 Å². The zero-order valence-corrected chi connectivity index (χ0v) is 17.0. The monoisotopic (exact) mass is 396 g/mol. The third-order valence-electron chi connectivity index (χ3n) is 5.64. The van der Waals surface area contributed by atoms with Crippen molar-refractivity contribution in [2.45, 2.75) is 25.4 Å². The molecule has 2 aromatic rings. The van der Waals surface area contributed by atoms with Crippen molar-refractivity contribution >= 4 is 11.6 Å². The van der Waals surface area contributed by atoms with Crippen LogP contribution in [0, 0.1) is 5.92 Å². The van der Waals surface area contributed by atoms with E-state index in [0.29, 0.717) is 18.8 Å². The number of likely N-dealkylation sites (tertiary alicyclic amines) is 1. The molecule has 1 unspecified atom stereocenters. The molecule has 0 bridgehead atoms. The molecule has 154 valence electrons. The van der Waals surface area contributed by atoms with E-state index in [0.717, 1.165) is 48.7 Å². The number of carbonyl (C=O) groups excluding carboxylic acids is 1. The number of rotatable bonds is 5. The molecule has 1 N–H and O–H groups in total. The summed E-state index contributed by atoms with van der Waals surface area (Å²) in [5.41, 5.74) is 1.76. The summed E-state index contributed by atoms with van der Waals surface area (Å²) in [5.74, 6) is 2.03. The highest BCUT2D eigenvalue weighted by atomic mass is 16.5. The van der Waals surface area contributed by atoms with Crippen molar-refractivity contribution in [3.05, 3.63) is 48.0 Å². The molecule has 1 saturated heterocycles. The Morgan fingerprint density at radius 2 is 1.90 bits per heavy atom. The Labute approximate surface area is 171 Å². The van der Waals surface area contributed by atoms with Gasteiger partial charge in [0.2, 0.25) is 5.91 Å². The van der Waals surface area contributed by atoms with Crippen molar-refractivity contribution in [3.8, 4) is 17.2 Å². The minimum atomic E-state index is -0.232. The van der Waals surface area contributed by atoms with Gasteiger partial charge in [0.15, 0.2) is 11.5 Å². The Kier molecular flexibility index (Phi) is 5.90. The van der Waals surface area contributed by atoms with Crippen LogP contribution in [0.15, 0.2) is 42.5 Å². The van der Waals surface area contributed by atoms with Gasteiger partial charge in [0, 0.05) is 18.8 Å². The maximum Gasteiger partial charge on any atom is 0.231 e. The fraction of sp³-hybridized carbons (Fsp3) is 0.435. The lowest BCUT2D eigenvalue weighted by molar-refractivity contribution is -0.121. The van der Waals surface area contributed by atoms with Gasteiger partial charge in [-0.1, -0.05) is 12.1 Å². The number of anilines is 1. The number of nitrogens with one attached hydrogen (secondary N) is 1. The number of hydrogen-bond donors (Lipinski definition) is 1. The maximum atomic E-state index is 12.7.